The highest BCUT2D eigenvalue weighted by atomic mass is 16.4. The van der Waals surface area contributed by atoms with Crippen molar-refractivity contribution >= 4 is 0 Å². The fourth-order valence-electron chi connectivity index (χ4n) is 1.21. The molecule has 0 amide bonds. The molecule has 0 saturated heterocycles. The first-order valence-electron chi connectivity index (χ1n) is 5.40. The predicted molar refractivity (Wildman–Crippen MR) is 62.7 cm³/mol. The van der Waals surface area contributed by atoms with Crippen LogP contribution in [0.4, 0.5) is 0 Å². The highest BCUT2D eigenvalue weighted by Gasteiger charge is 2.02. The van der Waals surface area contributed by atoms with E-state index < -0.39 is 0 Å². The molecule has 0 saturated carbocycles. The fourth-order valence-corrected chi connectivity index (χ4v) is 1.21. The zero-order chi connectivity index (χ0) is 11.1. The minimum atomic E-state index is 0.791. The van der Waals surface area contributed by atoms with Crippen molar-refractivity contribution in [3.05, 3.63) is 42.4 Å². The number of benzene rings is 1. The van der Waals surface area contributed by atoms with Crippen LogP contribution in [0, 0.1) is 0 Å². The molecule has 0 fully saturated rings. The molecule has 0 aliphatic heterocycles. The van der Waals surface area contributed by atoms with Crippen LogP contribution in [-0.2, 0) is 6.42 Å². The Balaban J connectivity index is 0.000000531. The Labute approximate surface area is 91.0 Å². The van der Waals surface area contributed by atoms with E-state index in [2.05, 4.69) is 4.98 Å². The summed E-state index contributed by atoms with van der Waals surface area (Å²) in [4.78, 5) is 4.14. The molecule has 1 aromatic carbocycles. The SMILES string of the molecule is CC.CCc1ncc(-c2ccccc2)o1. The molecule has 0 radical (unpaired) electrons. The Kier molecular flexibility index (Phi) is 4.61. The van der Waals surface area contributed by atoms with Crippen molar-refractivity contribution in [2.45, 2.75) is 27.2 Å². The quantitative estimate of drug-likeness (QED) is 0.739. The molecule has 0 N–H and O–H groups in total. The van der Waals surface area contributed by atoms with Crippen molar-refractivity contribution < 1.29 is 4.42 Å². The third kappa shape index (κ3) is 2.94. The monoisotopic (exact) mass is 203 g/mol. The molecule has 0 aliphatic carbocycles. The summed E-state index contributed by atoms with van der Waals surface area (Å²) in [6.07, 6.45) is 2.61. The lowest BCUT2D eigenvalue weighted by atomic mass is 10.2. The van der Waals surface area contributed by atoms with Crippen molar-refractivity contribution in [1.82, 2.24) is 4.98 Å². The second-order valence-electron chi connectivity index (χ2n) is 2.84. The average molecular weight is 203 g/mol. The molecule has 1 aromatic heterocycles. The van der Waals surface area contributed by atoms with Crippen LogP contribution in [0.15, 0.2) is 40.9 Å². The van der Waals surface area contributed by atoms with Crippen LogP contribution in [0.2, 0.25) is 0 Å². The summed E-state index contributed by atoms with van der Waals surface area (Å²) >= 11 is 0. The van der Waals surface area contributed by atoms with Crippen LogP contribution in [0.25, 0.3) is 11.3 Å². The van der Waals surface area contributed by atoms with Gasteiger partial charge in [0.05, 0.1) is 6.20 Å². The number of nitrogens with zero attached hydrogens (tertiary/aromatic N) is 1. The Bertz CT molecular complexity index is 378. The fraction of sp³-hybridized carbons (Fsp3) is 0.308. The van der Waals surface area contributed by atoms with Gasteiger partial charge in [0.15, 0.2) is 11.7 Å². The Morgan fingerprint density at radius 2 is 1.80 bits per heavy atom. The summed E-state index contributed by atoms with van der Waals surface area (Å²) in [6.45, 7) is 6.03. The molecule has 0 unspecified atom stereocenters. The van der Waals surface area contributed by atoms with Gasteiger partial charge in [-0.25, -0.2) is 4.98 Å². The largest absolute Gasteiger partial charge is 0.441 e. The maximum Gasteiger partial charge on any atom is 0.194 e. The van der Waals surface area contributed by atoms with E-state index in [4.69, 9.17) is 4.42 Å². The van der Waals surface area contributed by atoms with Gasteiger partial charge in [-0.15, -0.1) is 0 Å². The number of aromatic nitrogens is 1. The van der Waals surface area contributed by atoms with Crippen LogP contribution >= 0.6 is 0 Å². The number of rotatable bonds is 2. The summed E-state index contributed by atoms with van der Waals surface area (Å²) < 4.78 is 5.51. The second-order valence-corrected chi connectivity index (χ2v) is 2.84. The van der Waals surface area contributed by atoms with E-state index in [0.29, 0.717) is 0 Å². The molecule has 0 atom stereocenters. The molecule has 0 spiro atoms. The Hall–Kier alpha value is -1.57. The molecule has 15 heavy (non-hydrogen) atoms. The Morgan fingerprint density at radius 1 is 1.13 bits per heavy atom. The average Bonchev–Trinajstić information content (AvgIpc) is 2.81. The van der Waals surface area contributed by atoms with Gasteiger partial charge in [0.2, 0.25) is 0 Å². The van der Waals surface area contributed by atoms with Crippen LogP contribution in [0.5, 0.6) is 0 Å². The summed E-state index contributed by atoms with van der Waals surface area (Å²) in [6, 6.07) is 9.99. The van der Waals surface area contributed by atoms with Crippen LogP contribution in [-0.4, -0.2) is 4.98 Å². The standard InChI is InChI=1S/C11H11NO.C2H6/c1-2-11-12-8-10(13-11)9-6-4-3-5-7-9;1-2/h3-8H,2H2,1H3;1-2H3. The lowest BCUT2D eigenvalue weighted by Crippen LogP contribution is -1.74. The smallest absolute Gasteiger partial charge is 0.194 e. The molecule has 0 bridgehead atoms. The van der Waals surface area contributed by atoms with Gasteiger partial charge < -0.3 is 4.42 Å². The first-order chi connectivity index (χ1) is 7.40. The van der Waals surface area contributed by atoms with Gasteiger partial charge in [-0.2, -0.15) is 0 Å². The highest BCUT2D eigenvalue weighted by molar-refractivity contribution is 5.55. The van der Waals surface area contributed by atoms with Gasteiger partial charge in [-0.1, -0.05) is 51.1 Å². The first-order valence-corrected chi connectivity index (χ1v) is 5.40. The summed E-state index contributed by atoms with van der Waals surface area (Å²) in [5.41, 5.74) is 1.08. The van der Waals surface area contributed by atoms with Crippen LogP contribution in [0.3, 0.4) is 0 Å². The predicted octanol–water partition coefficient (Wildman–Crippen LogP) is 3.93. The van der Waals surface area contributed by atoms with E-state index in [0.717, 1.165) is 23.6 Å². The molecular formula is C13H17NO. The maximum absolute atomic E-state index is 5.51. The van der Waals surface area contributed by atoms with Gasteiger partial charge in [0, 0.05) is 12.0 Å². The first kappa shape index (κ1) is 11.5. The number of oxazole rings is 1. The number of hydrogen-bond donors (Lipinski definition) is 0. The zero-order valence-corrected chi connectivity index (χ0v) is 9.53. The normalized spacial score (nSPS) is 9.27. The lowest BCUT2D eigenvalue weighted by Gasteiger charge is -1.93. The van der Waals surface area contributed by atoms with Gasteiger partial charge in [0.1, 0.15) is 0 Å². The van der Waals surface area contributed by atoms with Gasteiger partial charge >= 0.3 is 0 Å². The van der Waals surface area contributed by atoms with E-state index >= 15 is 0 Å². The van der Waals surface area contributed by atoms with Crippen molar-refractivity contribution in [2.75, 3.05) is 0 Å². The Morgan fingerprint density at radius 3 is 2.33 bits per heavy atom. The number of hydrogen-bond acceptors (Lipinski definition) is 2. The summed E-state index contributed by atoms with van der Waals surface area (Å²) in [5.74, 6) is 1.64. The third-order valence-electron chi connectivity index (χ3n) is 1.91. The van der Waals surface area contributed by atoms with E-state index in [-0.39, 0.29) is 0 Å². The third-order valence-corrected chi connectivity index (χ3v) is 1.91. The van der Waals surface area contributed by atoms with Gasteiger partial charge in [-0.05, 0) is 0 Å². The van der Waals surface area contributed by atoms with Crippen molar-refractivity contribution in [2.24, 2.45) is 0 Å². The minimum absolute atomic E-state index is 0.791. The van der Waals surface area contributed by atoms with E-state index in [1.807, 2.05) is 51.1 Å². The molecule has 2 rings (SSSR count). The molecule has 2 aromatic rings. The molecule has 2 nitrogen and oxygen atoms in total. The maximum atomic E-state index is 5.51. The van der Waals surface area contributed by atoms with Gasteiger partial charge in [0.25, 0.3) is 0 Å². The van der Waals surface area contributed by atoms with E-state index in [1.54, 1.807) is 6.20 Å². The van der Waals surface area contributed by atoms with Crippen molar-refractivity contribution in [3.8, 4) is 11.3 Å². The highest BCUT2D eigenvalue weighted by Crippen LogP contribution is 2.19. The lowest BCUT2D eigenvalue weighted by molar-refractivity contribution is 0.514. The van der Waals surface area contributed by atoms with E-state index in [1.165, 1.54) is 0 Å². The summed E-state index contributed by atoms with van der Waals surface area (Å²) in [5, 5.41) is 0. The van der Waals surface area contributed by atoms with Crippen molar-refractivity contribution in [1.29, 1.82) is 0 Å². The molecule has 80 valence electrons. The minimum Gasteiger partial charge on any atom is -0.441 e. The molecule has 1 heterocycles. The molecule has 2 heteroatoms. The second kappa shape index (κ2) is 6.02. The van der Waals surface area contributed by atoms with Gasteiger partial charge in [-0.3, -0.25) is 0 Å². The van der Waals surface area contributed by atoms with Crippen LogP contribution < -0.4 is 0 Å². The van der Waals surface area contributed by atoms with E-state index in [9.17, 15) is 0 Å². The molecule has 0 aliphatic rings. The number of aryl methyl sites for hydroxylation is 1. The molecular weight excluding hydrogens is 186 g/mol. The van der Waals surface area contributed by atoms with Crippen molar-refractivity contribution in [3.63, 3.8) is 0 Å². The van der Waals surface area contributed by atoms with Crippen LogP contribution in [0.1, 0.15) is 26.7 Å². The zero-order valence-electron chi connectivity index (χ0n) is 9.53. The summed E-state index contributed by atoms with van der Waals surface area (Å²) in [7, 11) is 0. The topological polar surface area (TPSA) is 26.0 Å².